The van der Waals surface area contributed by atoms with Gasteiger partial charge in [0.25, 0.3) is 11.8 Å². The average Bonchev–Trinajstić information content (AvgIpc) is 3.36. The zero-order valence-corrected chi connectivity index (χ0v) is 21.1. The Morgan fingerprint density at radius 3 is 2.51 bits per heavy atom. The number of aromatic nitrogens is 3. The van der Waals surface area contributed by atoms with Gasteiger partial charge in [-0.05, 0) is 51.5 Å². The number of amides is 4. The molecule has 14 heteroatoms. The van der Waals surface area contributed by atoms with Crippen molar-refractivity contribution in [3.8, 4) is 0 Å². The third-order valence-corrected chi connectivity index (χ3v) is 5.46. The second kappa shape index (κ2) is 10.7. The number of anilines is 1. The molecule has 4 amide bonds. The number of nitrogens with one attached hydrogen (secondary N) is 3. The molecule has 0 bridgehead atoms. The summed E-state index contributed by atoms with van der Waals surface area (Å²) in [6.07, 6.45) is -2.49. The summed E-state index contributed by atoms with van der Waals surface area (Å²) < 4.78 is 46.1. The smallest absolute Gasteiger partial charge is 0.370 e. The van der Waals surface area contributed by atoms with E-state index in [-0.39, 0.29) is 18.1 Å². The van der Waals surface area contributed by atoms with Crippen LogP contribution in [0.25, 0.3) is 0 Å². The molecule has 1 aliphatic rings. The summed E-state index contributed by atoms with van der Waals surface area (Å²) in [6.45, 7) is 6.43. The van der Waals surface area contributed by atoms with Crippen molar-refractivity contribution in [3.05, 3.63) is 41.9 Å². The van der Waals surface area contributed by atoms with Crippen molar-refractivity contribution in [2.45, 2.75) is 64.2 Å². The molecule has 0 saturated carbocycles. The van der Waals surface area contributed by atoms with Crippen LogP contribution < -0.4 is 16.0 Å². The first-order chi connectivity index (χ1) is 17.1. The van der Waals surface area contributed by atoms with Gasteiger partial charge in [-0.1, -0.05) is 0 Å². The van der Waals surface area contributed by atoms with Gasteiger partial charge >= 0.3 is 12.2 Å². The van der Waals surface area contributed by atoms with Gasteiger partial charge in [-0.2, -0.15) is 18.3 Å². The maximum atomic E-state index is 13.2. The van der Waals surface area contributed by atoms with Crippen LogP contribution in [0.1, 0.15) is 43.7 Å². The molecule has 1 aliphatic heterocycles. The first-order valence-corrected chi connectivity index (χ1v) is 11.5. The topological polar surface area (TPSA) is 130 Å². The number of hydrogen-bond acceptors (Lipinski definition) is 6. The highest BCUT2D eigenvalue weighted by molar-refractivity contribution is 6.00. The van der Waals surface area contributed by atoms with E-state index >= 15 is 0 Å². The van der Waals surface area contributed by atoms with Crippen molar-refractivity contribution in [2.24, 2.45) is 7.05 Å². The fourth-order valence-corrected chi connectivity index (χ4v) is 3.81. The van der Waals surface area contributed by atoms with Crippen LogP contribution in [0.2, 0.25) is 0 Å². The van der Waals surface area contributed by atoms with Crippen molar-refractivity contribution < 1.29 is 32.3 Å². The Bertz CT molecular complexity index is 1150. The number of nitrogens with zero attached hydrogens (tertiary/aromatic N) is 4. The summed E-state index contributed by atoms with van der Waals surface area (Å²) in [7, 11) is 1.59. The van der Waals surface area contributed by atoms with Crippen LogP contribution in [0.4, 0.5) is 23.8 Å². The van der Waals surface area contributed by atoms with E-state index in [0.717, 1.165) is 4.90 Å². The van der Waals surface area contributed by atoms with Crippen LogP contribution in [0.5, 0.6) is 0 Å². The number of alkyl halides is 3. The maximum Gasteiger partial charge on any atom is 0.410 e. The lowest BCUT2D eigenvalue weighted by molar-refractivity contribution is -0.149. The van der Waals surface area contributed by atoms with Crippen LogP contribution in [0, 0.1) is 0 Å². The number of halogens is 3. The molecule has 2 aromatic rings. The maximum absolute atomic E-state index is 13.2. The molecule has 1 saturated heterocycles. The zero-order chi connectivity index (χ0) is 27.5. The van der Waals surface area contributed by atoms with Crippen molar-refractivity contribution in [1.29, 1.82) is 0 Å². The molecule has 3 rings (SSSR count). The fraction of sp³-hybridized carbons (Fsp3) is 0.522. The van der Waals surface area contributed by atoms with E-state index in [4.69, 9.17) is 4.74 Å². The highest BCUT2D eigenvalue weighted by Gasteiger charge is 2.46. The zero-order valence-electron chi connectivity index (χ0n) is 21.1. The third-order valence-electron chi connectivity index (χ3n) is 5.46. The van der Waals surface area contributed by atoms with Crippen LogP contribution in [0.15, 0.2) is 30.6 Å². The predicted molar refractivity (Wildman–Crippen MR) is 126 cm³/mol. The van der Waals surface area contributed by atoms with Crippen molar-refractivity contribution >= 4 is 23.7 Å². The Morgan fingerprint density at radius 2 is 1.95 bits per heavy atom. The molecule has 3 atom stereocenters. The minimum absolute atomic E-state index is 0.0946. The summed E-state index contributed by atoms with van der Waals surface area (Å²) in [5.74, 6) is -1.06. The SMILES string of the molecule is C[C@@H](OC(C)(C)C)[C@H](NC(=O)c1ccnn1C)C(=O)Nc1cc(CN2C[C@@H](C(F)(F)F)NC2=O)ccn1. The summed E-state index contributed by atoms with van der Waals surface area (Å²) >= 11 is 0. The molecule has 2 aromatic heterocycles. The predicted octanol–water partition coefficient (Wildman–Crippen LogP) is 2.21. The van der Waals surface area contributed by atoms with Gasteiger partial charge in [0.1, 0.15) is 23.6 Å². The molecule has 11 nitrogen and oxygen atoms in total. The Labute approximate surface area is 211 Å². The van der Waals surface area contributed by atoms with E-state index in [9.17, 15) is 27.6 Å². The highest BCUT2D eigenvalue weighted by atomic mass is 19.4. The Morgan fingerprint density at radius 1 is 1.24 bits per heavy atom. The monoisotopic (exact) mass is 525 g/mol. The molecular formula is C23H30F3N7O4. The number of carbonyl (C=O) groups excluding carboxylic acids is 3. The lowest BCUT2D eigenvalue weighted by atomic mass is 10.1. The van der Waals surface area contributed by atoms with Gasteiger partial charge in [-0.15, -0.1) is 0 Å². The van der Waals surface area contributed by atoms with E-state index in [1.807, 2.05) is 26.1 Å². The summed E-state index contributed by atoms with van der Waals surface area (Å²) in [6, 6.07) is 0.564. The van der Waals surface area contributed by atoms with E-state index in [2.05, 4.69) is 20.7 Å². The molecule has 3 heterocycles. The van der Waals surface area contributed by atoms with Crippen LogP contribution in [0.3, 0.4) is 0 Å². The molecule has 0 unspecified atom stereocenters. The van der Waals surface area contributed by atoms with Crippen molar-refractivity contribution in [3.63, 3.8) is 0 Å². The van der Waals surface area contributed by atoms with E-state index in [1.165, 1.54) is 35.3 Å². The van der Waals surface area contributed by atoms with Gasteiger partial charge in [-0.25, -0.2) is 9.78 Å². The molecule has 0 spiro atoms. The summed E-state index contributed by atoms with van der Waals surface area (Å²) in [5.41, 5.74) is 0.0810. The van der Waals surface area contributed by atoms with Gasteiger partial charge in [0, 0.05) is 26.0 Å². The van der Waals surface area contributed by atoms with Gasteiger partial charge in [0.05, 0.1) is 18.2 Å². The average molecular weight is 526 g/mol. The van der Waals surface area contributed by atoms with Gasteiger partial charge < -0.3 is 25.6 Å². The second-order valence-electron chi connectivity index (χ2n) is 9.69. The molecule has 0 aromatic carbocycles. The van der Waals surface area contributed by atoms with Crippen molar-refractivity contribution in [2.75, 3.05) is 11.9 Å². The van der Waals surface area contributed by atoms with Crippen LogP contribution >= 0.6 is 0 Å². The number of carbonyl (C=O) groups is 3. The second-order valence-corrected chi connectivity index (χ2v) is 9.69. The summed E-state index contributed by atoms with van der Waals surface area (Å²) in [5, 5.41) is 11.1. The first kappa shape index (κ1) is 27.9. The van der Waals surface area contributed by atoms with E-state index in [1.54, 1.807) is 14.0 Å². The molecule has 37 heavy (non-hydrogen) atoms. The van der Waals surface area contributed by atoms with E-state index in [0.29, 0.717) is 5.56 Å². The van der Waals surface area contributed by atoms with Gasteiger partial charge in [0.15, 0.2) is 0 Å². The highest BCUT2D eigenvalue weighted by Crippen LogP contribution is 2.25. The number of hydrogen-bond donors (Lipinski definition) is 3. The number of ether oxygens (including phenoxy) is 1. The number of urea groups is 1. The summed E-state index contributed by atoms with van der Waals surface area (Å²) in [4.78, 5) is 43.1. The standard InChI is InChI=1S/C23H30F3N7O4/c1-13(37-22(2,3)4)18(31-19(34)15-7-9-28-32(15)5)20(35)30-17-10-14(6-8-27-17)11-33-12-16(23(24,25)26)29-21(33)36/h6-10,13,16,18H,11-12H2,1-5H3,(H,29,36)(H,31,34)(H,27,30,35)/t13-,16+,18+/m1/s1. The molecule has 3 N–H and O–H groups in total. The minimum Gasteiger partial charge on any atom is -0.370 e. The van der Waals surface area contributed by atoms with Crippen LogP contribution in [-0.4, -0.2) is 74.0 Å². The lowest BCUT2D eigenvalue weighted by Gasteiger charge is -2.30. The molecular weight excluding hydrogens is 495 g/mol. The van der Waals surface area contributed by atoms with Gasteiger partial charge in [-0.3, -0.25) is 14.3 Å². The number of aryl methyl sites for hydroxylation is 1. The number of pyridine rings is 1. The van der Waals surface area contributed by atoms with Crippen molar-refractivity contribution in [1.82, 2.24) is 30.3 Å². The Hall–Kier alpha value is -3.68. The van der Waals surface area contributed by atoms with Gasteiger partial charge in [0.2, 0.25) is 0 Å². The number of rotatable bonds is 8. The molecule has 1 fully saturated rings. The lowest BCUT2D eigenvalue weighted by Crippen LogP contribution is -2.52. The minimum atomic E-state index is -4.55. The van der Waals surface area contributed by atoms with Crippen LogP contribution in [-0.2, 0) is 23.1 Å². The van der Waals surface area contributed by atoms with E-state index < -0.39 is 54.4 Å². The Kier molecular flexibility index (Phi) is 8.10. The normalized spacial score (nSPS) is 17.8. The third kappa shape index (κ3) is 7.41. The first-order valence-electron chi connectivity index (χ1n) is 11.5. The Balaban J connectivity index is 1.74. The fourth-order valence-electron chi connectivity index (χ4n) is 3.81. The quantitative estimate of drug-likeness (QED) is 0.485. The molecule has 0 radical (unpaired) electrons. The molecule has 0 aliphatic carbocycles. The largest absolute Gasteiger partial charge is 0.410 e. The molecule has 202 valence electrons.